The zero-order valence-electron chi connectivity index (χ0n) is 28.1. The standard InChI is InChI=1S/C34H33Br2NO15/c1-9-16(32(47)50-4)26(43)19-13(20(9)35)7-15(39)34(51-5)30(46)18-12(29(45)33(19,34)48)6-11-17(25(18)42)27(44)21(36)22(23(11)40)37-31-14(8-38)24(41)28(49-3)10(2)52-31/h6,10,14-15,21,24,28,31,38-39,41-43,48H,7-8H2,1-5H3/t10-,14?,15+,21?,24-,28-,31-,33-,34+/m0/s1. The molecule has 1 fully saturated rings. The van der Waals surface area contributed by atoms with E-state index in [1.807, 2.05) is 0 Å². The molecule has 0 spiro atoms. The lowest BCUT2D eigenvalue weighted by Crippen LogP contribution is -2.73. The van der Waals surface area contributed by atoms with E-state index in [0.29, 0.717) is 0 Å². The molecule has 0 bridgehead atoms. The number of phenols is 2. The fraction of sp³-hybridized carbons (Fsp3) is 0.471. The number of aliphatic imine (C=N–C) groups is 1. The van der Waals surface area contributed by atoms with Gasteiger partial charge in [0.25, 0.3) is 0 Å². The van der Waals surface area contributed by atoms with Crippen molar-refractivity contribution >= 4 is 66.7 Å². The molecular formula is C34H33Br2NO15. The lowest BCUT2D eigenvalue weighted by atomic mass is 9.56. The van der Waals surface area contributed by atoms with Crippen LogP contribution in [0.5, 0.6) is 11.5 Å². The Labute approximate surface area is 311 Å². The van der Waals surface area contributed by atoms with Crippen molar-refractivity contribution in [1.29, 1.82) is 0 Å². The van der Waals surface area contributed by atoms with E-state index in [0.717, 1.165) is 20.3 Å². The molecule has 3 aliphatic carbocycles. The number of carbonyl (C=O) groups excluding carboxylic acids is 5. The van der Waals surface area contributed by atoms with Crippen molar-refractivity contribution in [2.75, 3.05) is 27.9 Å². The smallest absolute Gasteiger partial charge is 0.341 e. The zero-order chi connectivity index (χ0) is 38.5. The number of ketones is 4. The summed E-state index contributed by atoms with van der Waals surface area (Å²) in [6.07, 6.45) is -6.81. The number of phenolic OH excluding ortho intramolecular Hbond substituents is 2. The molecule has 1 heterocycles. The van der Waals surface area contributed by atoms with Gasteiger partial charge in [-0.05, 0) is 31.0 Å². The minimum atomic E-state index is -3.30. The van der Waals surface area contributed by atoms with Gasteiger partial charge in [0.05, 0.1) is 49.1 Å². The molecule has 2 aromatic rings. The van der Waals surface area contributed by atoms with Crippen LogP contribution in [0.1, 0.15) is 75.4 Å². The third-order valence-corrected chi connectivity index (χ3v) is 12.5. The molecule has 1 aliphatic heterocycles. The van der Waals surface area contributed by atoms with Crippen LogP contribution in [0.25, 0.3) is 0 Å². The monoisotopic (exact) mass is 853 g/mol. The number of ether oxygens (including phenoxy) is 4. The molecule has 6 rings (SSSR count). The van der Waals surface area contributed by atoms with Gasteiger partial charge in [-0.1, -0.05) is 31.9 Å². The maximum Gasteiger partial charge on any atom is 0.341 e. The van der Waals surface area contributed by atoms with E-state index in [1.54, 1.807) is 6.92 Å². The van der Waals surface area contributed by atoms with Crippen LogP contribution in [0.2, 0.25) is 0 Å². The van der Waals surface area contributed by atoms with E-state index in [1.165, 1.54) is 14.0 Å². The summed E-state index contributed by atoms with van der Waals surface area (Å²) >= 11 is 6.44. The number of alkyl halides is 1. The summed E-state index contributed by atoms with van der Waals surface area (Å²) in [4.78, 5) is 72.8. The largest absolute Gasteiger partial charge is 0.507 e. The quantitative estimate of drug-likeness (QED) is 0.180. The number of rotatable bonds is 5. The molecule has 1 saturated heterocycles. The third kappa shape index (κ3) is 4.75. The number of esters is 1. The average Bonchev–Trinajstić information content (AvgIpc) is 3.10. The topological polar surface area (TPSA) is 256 Å². The molecule has 0 radical (unpaired) electrons. The Morgan fingerprint density at radius 1 is 1.06 bits per heavy atom. The number of aliphatic hydroxyl groups excluding tert-OH is 3. The maximum absolute atomic E-state index is 14.7. The van der Waals surface area contributed by atoms with Gasteiger partial charge in [-0.15, -0.1) is 0 Å². The van der Waals surface area contributed by atoms with Crippen molar-refractivity contribution in [1.82, 2.24) is 0 Å². The number of hydrogen-bond donors (Lipinski definition) is 6. The van der Waals surface area contributed by atoms with Crippen molar-refractivity contribution in [3.8, 4) is 11.5 Å². The Hall–Kier alpha value is -3.46. The summed E-state index contributed by atoms with van der Waals surface area (Å²) in [6.45, 7) is 2.34. The van der Waals surface area contributed by atoms with Crippen LogP contribution in [0, 0.1) is 12.8 Å². The van der Waals surface area contributed by atoms with Crippen LogP contribution < -0.4 is 0 Å². The van der Waals surface area contributed by atoms with Crippen LogP contribution >= 0.6 is 31.9 Å². The van der Waals surface area contributed by atoms with Gasteiger partial charge >= 0.3 is 5.97 Å². The second-order valence-electron chi connectivity index (χ2n) is 12.9. The Balaban J connectivity index is 1.59. The first-order chi connectivity index (χ1) is 24.4. The molecule has 278 valence electrons. The molecule has 0 amide bonds. The predicted molar refractivity (Wildman–Crippen MR) is 183 cm³/mol. The molecule has 9 atom stereocenters. The van der Waals surface area contributed by atoms with Crippen LogP contribution in [0.3, 0.4) is 0 Å². The summed E-state index contributed by atoms with van der Waals surface area (Å²) in [6, 6.07) is 0.808. The number of aliphatic hydroxyl groups is 4. The first-order valence-electron chi connectivity index (χ1n) is 15.8. The number of carbonyl (C=O) groups is 5. The molecule has 0 aromatic heterocycles. The van der Waals surface area contributed by atoms with Crippen molar-refractivity contribution in [2.45, 2.75) is 66.9 Å². The molecule has 18 heteroatoms. The van der Waals surface area contributed by atoms with Crippen molar-refractivity contribution in [3.63, 3.8) is 0 Å². The fourth-order valence-electron chi connectivity index (χ4n) is 7.96. The van der Waals surface area contributed by atoms with Crippen LogP contribution in [0.4, 0.5) is 0 Å². The normalized spacial score (nSPS) is 33.4. The van der Waals surface area contributed by atoms with Crippen LogP contribution in [-0.4, -0.2) is 134 Å². The first kappa shape index (κ1) is 38.3. The van der Waals surface area contributed by atoms with Gasteiger partial charge in [-0.3, -0.25) is 24.2 Å². The fourth-order valence-corrected chi connectivity index (χ4v) is 9.07. The number of methoxy groups -OCH3 is 3. The van der Waals surface area contributed by atoms with E-state index in [-0.39, 0.29) is 15.6 Å². The second-order valence-corrected chi connectivity index (χ2v) is 14.7. The minimum absolute atomic E-state index is 0.0574. The van der Waals surface area contributed by atoms with Gasteiger partial charge in [0, 0.05) is 41.8 Å². The first-order valence-corrected chi connectivity index (χ1v) is 17.5. The Bertz CT molecular complexity index is 2010. The number of hydrogen-bond acceptors (Lipinski definition) is 16. The number of fused-ring (bicyclic) bond motifs is 5. The van der Waals surface area contributed by atoms with Gasteiger partial charge in [-0.25, -0.2) is 4.79 Å². The van der Waals surface area contributed by atoms with Gasteiger partial charge in [0.1, 0.15) is 33.7 Å². The summed E-state index contributed by atoms with van der Waals surface area (Å²) in [5.74, 6) is -9.06. The minimum Gasteiger partial charge on any atom is -0.507 e. The molecule has 4 aliphatic rings. The van der Waals surface area contributed by atoms with Crippen LogP contribution in [0.15, 0.2) is 15.5 Å². The number of Topliss-reactive ketones (excluding diaryl/α,β-unsaturated/α-hetero) is 4. The molecule has 0 saturated carbocycles. The van der Waals surface area contributed by atoms with Crippen molar-refractivity contribution < 1.29 is 73.6 Å². The summed E-state index contributed by atoms with van der Waals surface area (Å²) in [7, 11) is 3.26. The Morgan fingerprint density at radius 3 is 2.29 bits per heavy atom. The van der Waals surface area contributed by atoms with E-state index in [2.05, 4.69) is 36.9 Å². The lowest BCUT2D eigenvalue weighted by Gasteiger charge is -2.53. The zero-order valence-corrected chi connectivity index (χ0v) is 31.3. The molecule has 6 N–H and O–H groups in total. The highest BCUT2D eigenvalue weighted by Crippen LogP contribution is 2.58. The predicted octanol–water partition coefficient (Wildman–Crippen LogP) is 0.837. The molecule has 16 nitrogen and oxygen atoms in total. The summed E-state index contributed by atoms with van der Waals surface area (Å²) < 4.78 is 21.5. The number of nitrogens with zero attached hydrogens (tertiary/aromatic N) is 1. The molecule has 52 heavy (non-hydrogen) atoms. The third-order valence-electron chi connectivity index (χ3n) is 10.6. The molecule has 2 unspecified atom stereocenters. The second kappa shape index (κ2) is 13.1. The summed E-state index contributed by atoms with van der Waals surface area (Å²) in [5.41, 5.74) is -10.7. The van der Waals surface area contributed by atoms with Gasteiger partial charge < -0.3 is 49.6 Å². The van der Waals surface area contributed by atoms with Gasteiger partial charge in [0.2, 0.25) is 17.3 Å². The van der Waals surface area contributed by atoms with Crippen molar-refractivity contribution in [3.05, 3.63) is 55.0 Å². The van der Waals surface area contributed by atoms with Crippen molar-refractivity contribution in [2.24, 2.45) is 10.9 Å². The number of halogens is 2. The Kier molecular flexibility index (Phi) is 9.67. The van der Waals surface area contributed by atoms with Gasteiger partial charge in [0.15, 0.2) is 23.2 Å². The summed E-state index contributed by atoms with van der Waals surface area (Å²) in [5, 5.41) is 68.1. The SMILES string of the molecule is COC(=O)c1c(C)c(Br)c2c(c1O)[C@]1(O)C(=O)c3cc4c(c(O)c3C(=O)[C@]1(OC)[C@H](O)C2)C(=O)C(Br)C(=N[C@H]1O[C@@H](C)[C@H](OC)[C@@H](O)C1CO)C4=O. The molecule has 2 aromatic carbocycles. The highest BCUT2D eigenvalue weighted by molar-refractivity contribution is 9.10. The van der Waals surface area contributed by atoms with Crippen LogP contribution in [-0.2, 0) is 31.0 Å². The van der Waals surface area contributed by atoms with E-state index >= 15 is 0 Å². The Morgan fingerprint density at radius 2 is 1.71 bits per heavy atom. The maximum atomic E-state index is 14.7. The molecular weight excluding hydrogens is 822 g/mol. The van der Waals surface area contributed by atoms with Gasteiger partial charge in [-0.2, -0.15) is 0 Å². The highest BCUT2D eigenvalue weighted by Gasteiger charge is 2.73. The lowest BCUT2D eigenvalue weighted by molar-refractivity contribution is -0.206. The van der Waals surface area contributed by atoms with E-state index < -0.39 is 145 Å². The van der Waals surface area contributed by atoms with E-state index in [4.69, 9.17) is 18.9 Å². The number of benzene rings is 2. The van der Waals surface area contributed by atoms with E-state index in [9.17, 15) is 54.6 Å². The highest BCUT2D eigenvalue weighted by atomic mass is 79.9. The number of aromatic hydroxyl groups is 2. The average molecular weight is 855 g/mol.